The van der Waals surface area contributed by atoms with Gasteiger partial charge in [-0.1, -0.05) is 18.2 Å². The zero-order valence-corrected chi connectivity index (χ0v) is 15.3. The van der Waals surface area contributed by atoms with E-state index in [0.29, 0.717) is 38.0 Å². The van der Waals surface area contributed by atoms with Crippen molar-refractivity contribution >= 4 is 12.0 Å². The van der Waals surface area contributed by atoms with Crippen molar-refractivity contribution in [1.82, 2.24) is 29.7 Å². The molecular weight excluding hydrogens is 346 g/mol. The number of urea groups is 1. The predicted molar refractivity (Wildman–Crippen MR) is 98.8 cm³/mol. The lowest BCUT2D eigenvalue weighted by Gasteiger charge is -2.29. The van der Waals surface area contributed by atoms with Crippen molar-refractivity contribution in [1.29, 1.82) is 0 Å². The number of nitrogens with one attached hydrogen (secondary N) is 1. The van der Waals surface area contributed by atoms with E-state index in [9.17, 15) is 4.79 Å². The highest BCUT2D eigenvalue weighted by atomic mass is 16.5. The molecule has 0 saturated heterocycles. The highest BCUT2D eigenvalue weighted by Crippen LogP contribution is 2.19. The van der Waals surface area contributed by atoms with Gasteiger partial charge in [-0.2, -0.15) is 10.1 Å². The van der Waals surface area contributed by atoms with E-state index in [-0.39, 0.29) is 6.03 Å². The second-order valence-electron chi connectivity index (χ2n) is 6.59. The third-order valence-electron chi connectivity index (χ3n) is 4.38. The maximum atomic E-state index is 12.1. The normalized spacial score (nSPS) is 13.3. The average molecular weight is 367 g/mol. The Kier molecular flexibility index (Phi) is 4.49. The van der Waals surface area contributed by atoms with Gasteiger partial charge in [-0.05, 0) is 23.4 Å². The highest BCUT2D eigenvalue weighted by molar-refractivity contribution is 5.73. The van der Waals surface area contributed by atoms with Crippen LogP contribution >= 0.6 is 0 Å². The molecule has 9 nitrogen and oxygen atoms in total. The molecule has 0 aliphatic carbocycles. The third-order valence-corrected chi connectivity index (χ3v) is 4.38. The van der Waals surface area contributed by atoms with Gasteiger partial charge in [0.25, 0.3) is 11.8 Å². The van der Waals surface area contributed by atoms with Crippen LogP contribution in [0.15, 0.2) is 40.9 Å². The van der Waals surface area contributed by atoms with Crippen molar-refractivity contribution in [3.63, 3.8) is 0 Å². The van der Waals surface area contributed by atoms with Gasteiger partial charge in [0.2, 0.25) is 0 Å². The summed E-state index contributed by atoms with van der Waals surface area (Å²) in [6.07, 6.45) is 0. The average Bonchev–Trinajstić information content (AvgIpc) is 3.32. The van der Waals surface area contributed by atoms with E-state index in [0.717, 1.165) is 17.0 Å². The lowest BCUT2D eigenvalue weighted by molar-refractivity contribution is 0.155. The molecule has 0 spiro atoms. The quantitative estimate of drug-likeness (QED) is 0.759. The number of nitrogens with zero attached hydrogens (tertiary/aromatic N) is 6. The second-order valence-corrected chi connectivity index (χ2v) is 6.59. The molecule has 1 aromatic carbocycles. The van der Waals surface area contributed by atoms with Crippen LogP contribution < -0.4 is 5.32 Å². The Labute approximate surface area is 156 Å². The minimum absolute atomic E-state index is 0.0161. The zero-order chi connectivity index (χ0) is 18.8. The maximum Gasteiger partial charge on any atom is 0.319 e. The maximum absolute atomic E-state index is 12.1. The first-order chi connectivity index (χ1) is 13.1. The number of hydrogen-bond acceptors (Lipinski definition) is 6. The van der Waals surface area contributed by atoms with Gasteiger partial charge in [-0.3, -0.25) is 4.68 Å². The molecular formula is C18H21N7O2. The molecule has 3 aromatic rings. The molecule has 0 fully saturated rings. The van der Waals surface area contributed by atoms with Crippen molar-refractivity contribution in [3.05, 3.63) is 47.8 Å². The molecule has 0 unspecified atom stereocenters. The molecule has 1 N–H and O–H groups in total. The molecule has 4 rings (SSSR count). The molecule has 1 aliphatic rings. The van der Waals surface area contributed by atoms with Crippen LogP contribution in [0, 0.1) is 0 Å². The summed E-state index contributed by atoms with van der Waals surface area (Å²) in [7, 11) is 3.52. The highest BCUT2D eigenvalue weighted by Gasteiger charge is 2.23. The number of anilines is 1. The molecule has 2 amide bonds. The number of hydrogen-bond donors (Lipinski definition) is 1. The van der Waals surface area contributed by atoms with Crippen LogP contribution in [0.4, 0.5) is 10.7 Å². The lowest BCUT2D eigenvalue weighted by atomic mass is 10.2. The van der Waals surface area contributed by atoms with Crippen LogP contribution in [0.5, 0.6) is 0 Å². The summed E-state index contributed by atoms with van der Waals surface area (Å²) in [6, 6.07) is 11.6. The molecule has 3 heterocycles. The van der Waals surface area contributed by atoms with Gasteiger partial charge < -0.3 is 19.6 Å². The van der Waals surface area contributed by atoms with Crippen LogP contribution in [0.2, 0.25) is 0 Å². The fraction of sp³-hybridized carbons (Fsp3) is 0.333. The number of carbonyl (C=O) groups is 1. The second kappa shape index (κ2) is 7.10. The summed E-state index contributed by atoms with van der Waals surface area (Å²) in [4.78, 5) is 19.9. The number of carbonyl (C=O) groups excluding carboxylic acids is 1. The Hall–Kier alpha value is -3.36. The van der Waals surface area contributed by atoms with E-state index < -0.39 is 0 Å². The minimum Gasteiger partial charge on any atom is -0.346 e. The fourth-order valence-corrected chi connectivity index (χ4v) is 3.02. The smallest absolute Gasteiger partial charge is 0.319 e. The molecule has 140 valence electrons. The Morgan fingerprint density at radius 3 is 2.85 bits per heavy atom. The number of rotatable bonds is 4. The van der Waals surface area contributed by atoms with Crippen LogP contribution in [-0.2, 0) is 19.6 Å². The molecule has 1 aliphatic heterocycles. The van der Waals surface area contributed by atoms with Crippen molar-refractivity contribution in [2.75, 3.05) is 26.0 Å². The van der Waals surface area contributed by atoms with Crippen LogP contribution in [-0.4, -0.2) is 56.4 Å². The van der Waals surface area contributed by atoms with Gasteiger partial charge in [0, 0.05) is 26.2 Å². The van der Waals surface area contributed by atoms with Crippen molar-refractivity contribution < 1.29 is 9.32 Å². The van der Waals surface area contributed by atoms with Gasteiger partial charge in [0.1, 0.15) is 0 Å². The Bertz CT molecular complexity index is 932. The first-order valence-electron chi connectivity index (χ1n) is 8.75. The first kappa shape index (κ1) is 17.1. The van der Waals surface area contributed by atoms with E-state index >= 15 is 0 Å². The summed E-state index contributed by atoms with van der Waals surface area (Å²) >= 11 is 0. The summed E-state index contributed by atoms with van der Waals surface area (Å²) in [5.41, 5.74) is 2.77. The van der Waals surface area contributed by atoms with E-state index in [1.54, 1.807) is 19.0 Å². The Morgan fingerprint density at radius 2 is 2.07 bits per heavy atom. The van der Waals surface area contributed by atoms with Crippen LogP contribution in [0.25, 0.3) is 11.5 Å². The molecule has 9 heteroatoms. The lowest BCUT2D eigenvalue weighted by Crippen LogP contribution is -2.43. The van der Waals surface area contributed by atoms with Crippen LogP contribution in [0.3, 0.4) is 0 Å². The number of benzene rings is 1. The van der Waals surface area contributed by atoms with E-state index in [1.807, 2.05) is 46.0 Å². The topological polar surface area (TPSA) is 92.3 Å². The zero-order valence-electron chi connectivity index (χ0n) is 15.3. The summed E-state index contributed by atoms with van der Waals surface area (Å²) in [5.74, 6) is 0.893. The van der Waals surface area contributed by atoms with Gasteiger partial charge >= 0.3 is 6.03 Å². The molecule has 0 bridgehead atoms. The number of fused-ring (bicyclic) bond motifs is 1. The first-order valence-corrected chi connectivity index (χ1v) is 8.75. The minimum atomic E-state index is 0.0161. The van der Waals surface area contributed by atoms with Gasteiger partial charge in [-0.15, -0.1) is 0 Å². The SMILES string of the molecule is CN(C)C(=O)N1CCn2nc(CNc3noc(-c4ccccc4)n3)cc2C1. The molecule has 0 saturated carbocycles. The monoisotopic (exact) mass is 367 g/mol. The van der Waals surface area contributed by atoms with E-state index in [1.165, 1.54) is 0 Å². The molecule has 0 radical (unpaired) electrons. The summed E-state index contributed by atoms with van der Waals surface area (Å²) in [5, 5.41) is 11.7. The summed E-state index contributed by atoms with van der Waals surface area (Å²) < 4.78 is 7.23. The Balaban J connectivity index is 1.39. The fourth-order valence-electron chi connectivity index (χ4n) is 3.02. The van der Waals surface area contributed by atoms with Crippen LogP contribution in [0.1, 0.15) is 11.4 Å². The standard InChI is InChI=1S/C18H21N7O2/c1-23(2)18(26)24-8-9-25-15(12-24)10-14(21-25)11-19-17-20-16(27-22-17)13-6-4-3-5-7-13/h3-7,10H,8-9,11-12H2,1-2H3,(H,19,22). The largest absolute Gasteiger partial charge is 0.346 e. The Morgan fingerprint density at radius 1 is 1.26 bits per heavy atom. The van der Waals surface area contributed by atoms with E-state index in [4.69, 9.17) is 4.52 Å². The van der Waals surface area contributed by atoms with Crippen molar-refractivity contribution in [2.24, 2.45) is 0 Å². The van der Waals surface area contributed by atoms with Gasteiger partial charge in [0.15, 0.2) is 0 Å². The van der Waals surface area contributed by atoms with E-state index in [2.05, 4.69) is 20.6 Å². The van der Waals surface area contributed by atoms with Gasteiger partial charge in [0.05, 0.1) is 31.0 Å². The number of amides is 2. The third kappa shape index (κ3) is 3.62. The summed E-state index contributed by atoms with van der Waals surface area (Å²) in [6.45, 7) is 2.39. The number of aromatic nitrogens is 4. The predicted octanol–water partition coefficient (Wildman–Crippen LogP) is 2.04. The van der Waals surface area contributed by atoms with Crippen molar-refractivity contribution in [3.8, 4) is 11.5 Å². The van der Waals surface area contributed by atoms with Crippen molar-refractivity contribution in [2.45, 2.75) is 19.6 Å². The van der Waals surface area contributed by atoms with Gasteiger partial charge in [-0.25, -0.2) is 4.79 Å². The molecule has 2 aromatic heterocycles. The molecule has 0 atom stereocenters. The molecule has 27 heavy (non-hydrogen) atoms.